The van der Waals surface area contributed by atoms with E-state index in [0.29, 0.717) is 22.8 Å². The van der Waals surface area contributed by atoms with E-state index < -0.39 is 0 Å². The minimum absolute atomic E-state index is 0.114. The first kappa shape index (κ1) is 25.6. The van der Waals surface area contributed by atoms with Crippen LogP contribution in [0.3, 0.4) is 0 Å². The fourth-order valence-corrected chi connectivity index (χ4v) is 10.7. The van der Waals surface area contributed by atoms with Gasteiger partial charge in [-0.05, 0) is 83.2 Å². The Morgan fingerprint density at radius 2 is 1.44 bits per heavy atom. The van der Waals surface area contributed by atoms with Gasteiger partial charge in [-0.2, -0.15) is 0 Å². The smallest absolute Gasteiger partial charge is 0.194 e. The third-order valence-corrected chi connectivity index (χ3v) is 12.1. The molecular formula is C33H55N2O+. The van der Waals surface area contributed by atoms with Gasteiger partial charge in [0.05, 0.1) is 25.6 Å². The largest absolute Gasteiger partial charge is 0.344 e. The molecule has 0 aromatic carbocycles. The number of nitrogens with zero attached hydrogens (tertiary/aromatic N) is 2. The monoisotopic (exact) mass is 495 g/mol. The lowest BCUT2D eigenvalue weighted by Gasteiger charge is -2.52. The van der Waals surface area contributed by atoms with Crippen LogP contribution >= 0.6 is 0 Å². The van der Waals surface area contributed by atoms with Crippen LogP contribution in [-0.4, -0.2) is 59.0 Å². The molecule has 5 fully saturated rings. The maximum atomic E-state index is 12.3. The first-order chi connectivity index (χ1) is 17.7. The first-order valence-corrected chi connectivity index (χ1v) is 16.3. The lowest BCUT2D eigenvalue weighted by molar-refractivity contribution is -0.999. The van der Waals surface area contributed by atoms with E-state index in [2.05, 4.69) is 29.2 Å². The third kappa shape index (κ3) is 4.28. The standard InChI is InChI=1S/C33H55N2O/c36-31-30-28-19-15-11-7-3-6-10-14-18-24-35(31)27-32(28)21-16-12-8-4-1-2-5-9-13-17-22-34-23-20-29(30)33(35,25-32)26-34/h5,9,15,19,28-31,36H,1-4,6-8,10-14,16-18,20-27H2/q+1/b9-5-,19-15-/t28-,29-,30+,31?,32-,33+,35?/m0/s1. The molecule has 0 aromatic heterocycles. The van der Waals surface area contributed by atoms with Crippen LogP contribution in [0.5, 0.6) is 0 Å². The highest BCUT2D eigenvalue weighted by molar-refractivity contribution is 5.23. The van der Waals surface area contributed by atoms with Crippen molar-refractivity contribution in [1.82, 2.24) is 4.90 Å². The molecule has 3 heteroatoms. The molecule has 202 valence electrons. The Balaban J connectivity index is 1.36. The van der Waals surface area contributed by atoms with E-state index in [1.807, 2.05) is 0 Å². The van der Waals surface area contributed by atoms with E-state index in [4.69, 9.17) is 0 Å². The third-order valence-electron chi connectivity index (χ3n) is 12.1. The van der Waals surface area contributed by atoms with Gasteiger partial charge in [-0.15, -0.1) is 0 Å². The molecule has 1 N–H and O–H groups in total. The second-order valence-corrected chi connectivity index (χ2v) is 14.0. The number of hydrogen-bond acceptors (Lipinski definition) is 2. The molecule has 4 saturated heterocycles. The van der Waals surface area contributed by atoms with Gasteiger partial charge in [-0.3, -0.25) is 9.38 Å². The Hall–Kier alpha value is -0.640. The molecule has 0 aromatic rings. The van der Waals surface area contributed by atoms with E-state index in [0.717, 1.165) is 10.4 Å². The van der Waals surface area contributed by atoms with E-state index in [1.54, 1.807) is 0 Å². The summed E-state index contributed by atoms with van der Waals surface area (Å²) < 4.78 is 1.10. The second kappa shape index (κ2) is 10.9. The molecule has 7 aliphatic rings. The van der Waals surface area contributed by atoms with Gasteiger partial charge in [-0.1, -0.05) is 69.2 Å². The summed E-state index contributed by atoms with van der Waals surface area (Å²) in [4.78, 5) is 2.85. The van der Waals surface area contributed by atoms with Crippen molar-refractivity contribution < 1.29 is 9.59 Å². The van der Waals surface area contributed by atoms with Crippen molar-refractivity contribution in [3.8, 4) is 0 Å². The minimum Gasteiger partial charge on any atom is -0.344 e. The highest BCUT2D eigenvalue weighted by Gasteiger charge is 2.83. The lowest BCUT2D eigenvalue weighted by Crippen LogP contribution is -2.68. The highest BCUT2D eigenvalue weighted by atomic mass is 16.3. The number of fused-ring (bicyclic) bond motifs is 1. The zero-order valence-electron chi connectivity index (χ0n) is 23.2. The molecule has 3 nitrogen and oxygen atoms in total. The van der Waals surface area contributed by atoms with Crippen LogP contribution in [0.25, 0.3) is 0 Å². The topological polar surface area (TPSA) is 23.5 Å². The van der Waals surface area contributed by atoms with Crippen LogP contribution in [0.1, 0.15) is 116 Å². The SMILES string of the molecule is OC1[C@@H]2[C@@H]3/C=C\CCCCCCCC[N+]14C[C@@]31CCCCCCC/C=C\CCCN3CC[C@@H]2[C@]4(C3)C1. The Kier molecular flexibility index (Phi) is 7.73. The average Bonchev–Trinajstić information content (AvgIpc) is 3.19. The van der Waals surface area contributed by atoms with Crippen molar-refractivity contribution in [2.24, 2.45) is 23.2 Å². The molecule has 36 heavy (non-hydrogen) atoms. The molecule has 3 spiro atoms. The summed E-state index contributed by atoms with van der Waals surface area (Å²) in [6.07, 6.45) is 34.6. The van der Waals surface area contributed by atoms with Gasteiger partial charge in [-0.25, -0.2) is 0 Å². The summed E-state index contributed by atoms with van der Waals surface area (Å²) in [7, 11) is 0. The number of allylic oxidation sites excluding steroid dienone is 4. The van der Waals surface area contributed by atoms with Gasteiger partial charge in [0.25, 0.3) is 0 Å². The predicted molar refractivity (Wildman–Crippen MR) is 149 cm³/mol. The summed E-state index contributed by atoms with van der Waals surface area (Å²) in [6.45, 7) is 6.33. The first-order valence-electron chi connectivity index (χ1n) is 16.3. The zero-order chi connectivity index (χ0) is 24.5. The highest BCUT2D eigenvalue weighted by Crippen LogP contribution is 2.73. The Labute approximate surface area is 222 Å². The normalized spacial score (nSPS) is 50.0. The van der Waals surface area contributed by atoms with Crippen molar-refractivity contribution in [3.05, 3.63) is 24.3 Å². The molecule has 6 heterocycles. The summed E-state index contributed by atoms with van der Waals surface area (Å²) in [6, 6.07) is 0. The van der Waals surface area contributed by atoms with Crippen LogP contribution in [0.15, 0.2) is 24.3 Å². The molecule has 1 saturated carbocycles. The van der Waals surface area contributed by atoms with Crippen LogP contribution < -0.4 is 0 Å². The van der Waals surface area contributed by atoms with Crippen molar-refractivity contribution in [3.63, 3.8) is 0 Å². The van der Waals surface area contributed by atoms with Crippen LogP contribution in [0.2, 0.25) is 0 Å². The molecule has 1 aliphatic carbocycles. The number of hydrogen-bond donors (Lipinski definition) is 1. The van der Waals surface area contributed by atoms with Gasteiger partial charge in [0.15, 0.2) is 6.23 Å². The zero-order valence-corrected chi connectivity index (χ0v) is 23.2. The summed E-state index contributed by atoms with van der Waals surface area (Å²) >= 11 is 0. The van der Waals surface area contributed by atoms with Gasteiger partial charge in [0.2, 0.25) is 0 Å². The Morgan fingerprint density at radius 3 is 2.28 bits per heavy atom. The number of rotatable bonds is 0. The summed E-state index contributed by atoms with van der Waals surface area (Å²) in [5.41, 5.74) is 0.774. The number of aliphatic hydroxyl groups excluding tert-OH is 1. The minimum atomic E-state index is -0.114. The summed E-state index contributed by atoms with van der Waals surface area (Å²) in [5, 5.41) is 12.3. The van der Waals surface area contributed by atoms with E-state index in [1.165, 1.54) is 148 Å². The second-order valence-electron chi connectivity index (χ2n) is 14.0. The number of aliphatic hydroxyl groups is 1. The van der Waals surface area contributed by atoms with Crippen molar-refractivity contribution >= 4 is 0 Å². The van der Waals surface area contributed by atoms with Gasteiger partial charge >= 0.3 is 0 Å². The molecule has 8 atom stereocenters. The molecule has 6 aliphatic heterocycles. The summed E-state index contributed by atoms with van der Waals surface area (Å²) in [5.74, 6) is 1.88. The molecule has 7 rings (SSSR count). The van der Waals surface area contributed by atoms with Crippen molar-refractivity contribution in [1.29, 1.82) is 0 Å². The molecule has 0 amide bonds. The van der Waals surface area contributed by atoms with Gasteiger partial charge in [0, 0.05) is 17.8 Å². The van der Waals surface area contributed by atoms with E-state index >= 15 is 0 Å². The maximum Gasteiger partial charge on any atom is 0.194 e. The number of piperidine rings is 2. The van der Waals surface area contributed by atoms with Crippen LogP contribution in [0, 0.1) is 23.2 Å². The molecular weight excluding hydrogens is 440 g/mol. The van der Waals surface area contributed by atoms with Gasteiger partial charge in [0.1, 0.15) is 5.54 Å². The van der Waals surface area contributed by atoms with Crippen LogP contribution in [0.4, 0.5) is 0 Å². The lowest BCUT2D eigenvalue weighted by atomic mass is 9.52. The predicted octanol–water partition coefficient (Wildman–Crippen LogP) is 7.21. The molecule has 3 unspecified atom stereocenters. The van der Waals surface area contributed by atoms with Crippen molar-refractivity contribution in [2.75, 3.05) is 32.7 Å². The molecule has 6 bridgehead atoms. The van der Waals surface area contributed by atoms with Crippen molar-refractivity contribution in [2.45, 2.75) is 127 Å². The number of quaternary nitrogens is 1. The molecule has 0 radical (unpaired) electrons. The fourth-order valence-electron chi connectivity index (χ4n) is 10.7. The Bertz CT molecular complexity index is 808. The average molecular weight is 496 g/mol. The van der Waals surface area contributed by atoms with Gasteiger partial charge < -0.3 is 5.11 Å². The Morgan fingerprint density at radius 1 is 0.750 bits per heavy atom. The quantitative estimate of drug-likeness (QED) is 0.283. The van der Waals surface area contributed by atoms with Crippen LogP contribution in [-0.2, 0) is 0 Å². The fraction of sp³-hybridized carbons (Fsp3) is 0.879. The maximum absolute atomic E-state index is 12.3. The van der Waals surface area contributed by atoms with E-state index in [-0.39, 0.29) is 6.23 Å². The van der Waals surface area contributed by atoms with E-state index in [9.17, 15) is 5.11 Å².